The predicted molar refractivity (Wildman–Crippen MR) is 100 cm³/mol. The second kappa shape index (κ2) is 9.65. The summed E-state index contributed by atoms with van der Waals surface area (Å²) >= 11 is 1.65. The maximum absolute atomic E-state index is 13.9. The van der Waals surface area contributed by atoms with Gasteiger partial charge in [0.05, 0.1) is 5.69 Å². The molecule has 0 aliphatic carbocycles. The number of halogens is 1. The number of hydrogen-bond donors (Lipinski definition) is 2. The minimum Gasteiger partial charge on any atom is -0.369 e. The third-order valence-corrected chi connectivity index (χ3v) is 4.98. The molecule has 2 amide bonds. The van der Waals surface area contributed by atoms with E-state index in [1.54, 1.807) is 23.9 Å². The van der Waals surface area contributed by atoms with Crippen molar-refractivity contribution >= 4 is 29.3 Å². The van der Waals surface area contributed by atoms with Gasteiger partial charge in [-0.2, -0.15) is 11.8 Å². The number of nitrogens with one attached hydrogen (secondary N) is 2. The Labute approximate surface area is 152 Å². The van der Waals surface area contributed by atoms with Crippen LogP contribution in [0.25, 0.3) is 0 Å². The minimum absolute atomic E-state index is 0.0565. The highest BCUT2D eigenvalue weighted by molar-refractivity contribution is 7.98. The number of thioether (sulfide) groups is 1. The molecule has 1 aromatic carbocycles. The number of rotatable bonds is 7. The molecule has 1 saturated heterocycles. The molecule has 0 spiro atoms. The van der Waals surface area contributed by atoms with Crippen LogP contribution in [0.15, 0.2) is 24.3 Å². The lowest BCUT2D eigenvalue weighted by Gasteiger charge is -2.34. The molecule has 1 aliphatic heterocycles. The van der Waals surface area contributed by atoms with Crippen molar-refractivity contribution in [1.82, 2.24) is 10.6 Å². The monoisotopic (exact) mass is 367 g/mol. The second-order valence-electron chi connectivity index (χ2n) is 6.26. The molecular weight excluding hydrogens is 341 g/mol. The molecule has 1 aromatic rings. The number of para-hydroxylation sites is 1. The zero-order chi connectivity index (χ0) is 18.2. The molecular formula is C18H26FN3O2S. The molecule has 0 aromatic heterocycles. The molecule has 25 heavy (non-hydrogen) atoms. The number of amides is 2. The molecule has 7 heteroatoms. The summed E-state index contributed by atoms with van der Waals surface area (Å²) in [5.74, 6) is 0.265. The Balaban J connectivity index is 1.86. The first kappa shape index (κ1) is 19.6. The number of nitrogens with zero attached hydrogens (tertiary/aromatic N) is 1. The summed E-state index contributed by atoms with van der Waals surface area (Å²) in [4.78, 5) is 25.8. The molecule has 138 valence electrons. The van der Waals surface area contributed by atoms with Gasteiger partial charge in [-0.3, -0.25) is 9.59 Å². The van der Waals surface area contributed by atoms with E-state index in [0.29, 0.717) is 25.2 Å². The summed E-state index contributed by atoms with van der Waals surface area (Å²) in [7, 11) is 0. The number of benzene rings is 1. The van der Waals surface area contributed by atoms with Gasteiger partial charge in [-0.15, -0.1) is 0 Å². The summed E-state index contributed by atoms with van der Waals surface area (Å²) in [6.45, 7) is 2.81. The molecule has 0 radical (unpaired) electrons. The van der Waals surface area contributed by atoms with Gasteiger partial charge in [0.2, 0.25) is 11.8 Å². The third-order valence-electron chi connectivity index (χ3n) is 4.34. The van der Waals surface area contributed by atoms with Crippen molar-refractivity contribution in [2.45, 2.75) is 38.3 Å². The largest absolute Gasteiger partial charge is 0.369 e. The van der Waals surface area contributed by atoms with E-state index in [9.17, 15) is 14.0 Å². The number of carbonyl (C=O) groups is 2. The van der Waals surface area contributed by atoms with E-state index in [2.05, 4.69) is 10.6 Å². The van der Waals surface area contributed by atoms with Crippen molar-refractivity contribution in [3.63, 3.8) is 0 Å². The molecule has 0 bridgehead atoms. The standard InChI is InChI=1S/C18H26FN3O2S/c1-13(23)20-16(9-12-25-2)18(24)21-14-7-10-22(11-8-14)17-6-4-3-5-15(17)19/h3-6,14,16H,7-12H2,1-2H3,(H,20,23)(H,21,24)/t16-/m0/s1. The Morgan fingerprint density at radius 3 is 2.60 bits per heavy atom. The first-order valence-corrected chi connectivity index (χ1v) is 9.96. The fourth-order valence-corrected chi connectivity index (χ4v) is 3.50. The van der Waals surface area contributed by atoms with Crippen molar-refractivity contribution in [3.05, 3.63) is 30.1 Å². The summed E-state index contributed by atoms with van der Waals surface area (Å²) in [6, 6.07) is 6.32. The van der Waals surface area contributed by atoms with Crippen LogP contribution in [0, 0.1) is 5.82 Å². The molecule has 5 nitrogen and oxygen atoms in total. The van der Waals surface area contributed by atoms with E-state index in [0.717, 1.165) is 18.6 Å². The molecule has 2 rings (SSSR count). The summed E-state index contributed by atoms with van der Waals surface area (Å²) in [5, 5.41) is 5.76. The maximum Gasteiger partial charge on any atom is 0.242 e. The minimum atomic E-state index is -0.491. The van der Waals surface area contributed by atoms with Crippen LogP contribution in [0.5, 0.6) is 0 Å². The highest BCUT2D eigenvalue weighted by atomic mass is 32.2. The van der Waals surface area contributed by atoms with Gasteiger partial charge in [-0.05, 0) is 43.4 Å². The Morgan fingerprint density at radius 2 is 2.00 bits per heavy atom. The lowest BCUT2D eigenvalue weighted by Crippen LogP contribution is -2.52. The van der Waals surface area contributed by atoms with Crippen LogP contribution in [0.1, 0.15) is 26.2 Å². The van der Waals surface area contributed by atoms with E-state index < -0.39 is 6.04 Å². The van der Waals surface area contributed by atoms with Gasteiger partial charge < -0.3 is 15.5 Å². The molecule has 1 fully saturated rings. The van der Waals surface area contributed by atoms with E-state index in [1.165, 1.54) is 13.0 Å². The van der Waals surface area contributed by atoms with E-state index >= 15 is 0 Å². The van der Waals surface area contributed by atoms with E-state index in [4.69, 9.17) is 0 Å². The highest BCUT2D eigenvalue weighted by Gasteiger charge is 2.25. The van der Waals surface area contributed by atoms with Crippen LogP contribution in [0.4, 0.5) is 10.1 Å². The zero-order valence-electron chi connectivity index (χ0n) is 14.8. The predicted octanol–water partition coefficient (Wildman–Crippen LogP) is 2.17. The average molecular weight is 367 g/mol. The lowest BCUT2D eigenvalue weighted by atomic mass is 10.0. The van der Waals surface area contributed by atoms with Crippen LogP contribution in [0.2, 0.25) is 0 Å². The van der Waals surface area contributed by atoms with Crippen molar-refractivity contribution < 1.29 is 14.0 Å². The highest BCUT2D eigenvalue weighted by Crippen LogP contribution is 2.23. The van der Waals surface area contributed by atoms with Crippen molar-refractivity contribution in [2.75, 3.05) is 30.0 Å². The summed E-state index contributed by atoms with van der Waals surface area (Å²) < 4.78 is 13.9. The lowest BCUT2D eigenvalue weighted by molar-refractivity contribution is -0.128. The van der Waals surface area contributed by atoms with Crippen LogP contribution >= 0.6 is 11.8 Å². The van der Waals surface area contributed by atoms with Crippen LogP contribution in [0.3, 0.4) is 0 Å². The quantitative estimate of drug-likeness (QED) is 0.775. The van der Waals surface area contributed by atoms with Gasteiger partial charge in [0, 0.05) is 26.1 Å². The van der Waals surface area contributed by atoms with Gasteiger partial charge in [-0.25, -0.2) is 4.39 Å². The van der Waals surface area contributed by atoms with Crippen LogP contribution in [-0.4, -0.2) is 49.0 Å². The van der Waals surface area contributed by atoms with Gasteiger partial charge >= 0.3 is 0 Å². The average Bonchev–Trinajstić information content (AvgIpc) is 2.59. The Morgan fingerprint density at radius 1 is 1.32 bits per heavy atom. The maximum atomic E-state index is 13.9. The Hall–Kier alpha value is -1.76. The smallest absolute Gasteiger partial charge is 0.242 e. The first-order chi connectivity index (χ1) is 12.0. The SMILES string of the molecule is CSCC[C@H](NC(C)=O)C(=O)NC1CCN(c2ccccc2F)CC1. The molecule has 0 unspecified atom stereocenters. The molecule has 0 saturated carbocycles. The molecule has 2 N–H and O–H groups in total. The first-order valence-electron chi connectivity index (χ1n) is 8.57. The number of carbonyl (C=O) groups excluding carboxylic acids is 2. The number of hydrogen-bond acceptors (Lipinski definition) is 4. The van der Waals surface area contributed by atoms with E-state index in [-0.39, 0.29) is 23.7 Å². The van der Waals surface area contributed by atoms with Crippen molar-refractivity contribution in [1.29, 1.82) is 0 Å². The van der Waals surface area contributed by atoms with Gasteiger partial charge in [0.25, 0.3) is 0 Å². The van der Waals surface area contributed by atoms with Crippen LogP contribution < -0.4 is 15.5 Å². The Bertz CT molecular complexity index is 591. The summed E-state index contributed by atoms with van der Waals surface area (Å²) in [5.41, 5.74) is 0.614. The number of piperidine rings is 1. The molecule has 1 heterocycles. The van der Waals surface area contributed by atoms with Gasteiger partial charge in [-0.1, -0.05) is 12.1 Å². The van der Waals surface area contributed by atoms with Gasteiger partial charge in [0.1, 0.15) is 11.9 Å². The van der Waals surface area contributed by atoms with Crippen molar-refractivity contribution in [3.8, 4) is 0 Å². The van der Waals surface area contributed by atoms with E-state index in [1.807, 2.05) is 17.2 Å². The zero-order valence-corrected chi connectivity index (χ0v) is 15.6. The molecule has 1 atom stereocenters. The topological polar surface area (TPSA) is 61.4 Å². The Kier molecular flexibility index (Phi) is 7.55. The summed E-state index contributed by atoms with van der Waals surface area (Å²) in [6.07, 6.45) is 4.10. The van der Waals surface area contributed by atoms with Crippen LogP contribution in [-0.2, 0) is 9.59 Å². The normalized spacial score (nSPS) is 16.4. The number of anilines is 1. The van der Waals surface area contributed by atoms with Crippen molar-refractivity contribution in [2.24, 2.45) is 0 Å². The fourth-order valence-electron chi connectivity index (χ4n) is 3.02. The third kappa shape index (κ3) is 5.92. The fraction of sp³-hybridized carbons (Fsp3) is 0.556. The van der Waals surface area contributed by atoms with Gasteiger partial charge in [0.15, 0.2) is 0 Å². The molecule has 1 aliphatic rings. The second-order valence-corrected chi connectivity index (χ2v) is 7.24.